The Labute approximate surface area is 99.5 Å². The topological polar surface area (TPSA) is 0 Å². The van der Waals surface area contributed by atoms with Crippen LogP contribution < -0.4 is 0 Å². The minimum atomic E-state index is 0.995. The molecule has 0 saturated heterocycles. The summed E-state index contributed by atoms with van der Waals surface area (Å²) in [6.07, 6.45) is 11.2. The Bertz CT molecular complexity index is 329. The lowest BCUT2D eigenvalue weighted by atomic mass is 9.64. The Morgan fingerprint density at radius 1 is 1.00 bits per heavy atom. The first kappa shape index (κ1) is 9.74. The van der Waals surface area contributed by atoms with Crippen LogP contribution in [0.4, 0.5) is 0 Å². The number of fused-ring (bicyclic) bond motifs is 9. The van der Waals surface area contributed by atoms with Crippen LogP contribution in [0.15, 0.2) is 12.2 Å². The van der Waals surface area contributed by atoms with Crippen molar-refractivity contribution in [2.45, 2.75) is 39.5 Å². The molecule has 4 bridgehead atoms. The number of rotatable bonds is 2. The Morgan fingerprint density at radius 2 is 1.69 bits per heavy atom. The molecule has 0 nitrogen and oxygen atoms in total. The van der Waals surface area contributed by atoms with E-state index in [4.69, 9.17) is 0 Å². The average molecular weight is 216 g/mol. The fraction of sp³-hybridized carbons (Fsp3) is 0.875. The zero-order valence-electron chi connectivity index (χ0n) is 10.6. The van der Waals surface area contributed by atoms with Gasteiger partial charge in [-0.15, -0.1) is 0 Å². The van der Waals surface area contributed by atoms with Gasteiger partial charge in [0, 0.05) is 0 Å². The molecule has 8 atom stereocenters. The van der Waals surface area contributed by atoms with Crippen molar-refractivity contribution in [3.05, 3.63) is 12.2 Å². The van der Waals surface area contributed by atoms with Crippen LogP contribution in [-0.2, 0) is 0 Å². The van der Waals surface area contributed by atoms with E-state index >= 15 is 0 Å². The Balaban J connectivity index is 1.67. The quantitative estimate of drug-likeness (QED) is 0.481. The maximum atomic E-state index is 2.57. The highest BCUT2D eigenvalue weighted by molar-refractivity contribution is 5.21. The molecular weight excluding hydrogens is 192 g/mol. The van der Waals surface area contributed by atoms with Crippen molar-refractivity contribution in [1.82, 2.24) is 0 Å². The zero-order valence-corrected chi connectivity index (χ0v) is 10.6. The third kappa shape index (κ3) is 0.978. The second-order valence-electron chi connectivity index (χ2n) is 6.98. The summed E-state index contributed by atoms with van der Waals surface area (Å²) in [4.78, 5) is 0. The molecule has 0 aliphatic heterocycles. The molecule has 0 aromatic heterocycles. The minimum Gasteiger partial charge on any atom is -0.0848 e. The highest BCUT2D eigenvalue weighted by atomic mass is 14.7. The zero-order chi connectivity index (χ0) is 10.9. The highest BCUT2D eigenvalue weighted by Gasteiger charge is 2.62. The van der Waals surface area contributed by atoms with Crippen molar-refractivity contribution in [3.8, 4) is 0 Å². The van der Waals surface area contributed by atoms with E-state index in [9.17, 15) is 0 Å². The van der Waals surface area contributed by atoms with Gasteiger partial charge in [0.25, 0.3) is 0 Å². The van der Waals surface area contributed by atoms with Crippen molar-refractivity contribution in [2.24, 2.45) is 47.3 Å². The standard InChI is InChI=1S/C16H24/c1-3-4-12-9(2)13-8-14(12)16-11-6-5-10(7-11)15(13)16/h5-6,9-16H,3-4,7-8H2,1-2H3. The molecule has 0 aromatic carbocycles. The molecule has 0 amide bonds. The lowest BCUT2D eigenvalue weighted by Crippen LogP contribution is -2.35. The Morgan fingerprint density at radius 3 is 2.38 bits per heavy atom. The Hall–Kier alpha value is -0.260. The monoisotopic (exact) mass is 216 g/mol. The van der Waals surface area contributed by atoms with E-state index in [1.54, 1.807) is 6.42 Å². The van der Waals surface area contributed by atoms with Crippen LogP contribution in [0.25, 0.3) is 0 Å². The van der Waals surface area contributed by atoms with E-state index in [2.05, 4.69) is 26.0 Å². The molecule has 0 radical (unpaired) electrons. The van der Waals surface area contributed by atoms with E-state index in [0.717, 1.165) is 47.3 Å². The summed E-state index contributed by atoms with van der Waals surface area (Å²) in [5.41, 5.74) is 0. The van der Waals surface area contributed by atoms with Crippen LogP contribution in [0, 0.1) is 47.3 Å². The van der Waals surface area contributed by atoms with E-state index < -0.39 is 0 Å². The maximum Gasteiger partial charge on any atom is -0.0194 e. The normalized spacial score (nSPS) is 60.9. The number of allylic oxidation sites excluding steroid dienone is 2. The molecule has 0 aromatic rings. The summed E-state index contributed by atoms with van der Waals surface area (Å²) in [5, 5.41) is 0. The summed E-state index contributed by atoms with van der Waals surface area (Å²) < 4.78 is 0. The van der Waals surface area contributed by atoms with Gasteiger partial charge in [-0.2, -0.15) is 0 Å². The largest absolute Gasteiger partial charge is 0.0848 e. The molecule has 4 aliphatic carbocycles. The van der Waals surface area contributed by atoms with Crippen molar-refractivity contribution in [1.29, 1.82) is 0 Å². The second kappa shape index (κ2) is 3.15. The van der Waals surface area contributed by atoms with Crippen LogP contribution in [0.5, 0.6) is 0 Å². The van der Waals surface area contributed by atoms with Crippen molar-refractivity contribution in [3.63, 3.8) is 0 Å². The molecular formula is C16H24. The van der Waals surface area contributed by atoms with Crippen LogP contribution in [-0.4, -0.2) is 0 Å². The number of hydrogen-bond donors (Lipinski definition) is 0. The average Bonchev–Trinajstić information content (AvgIpc) is 2.97. The molecule has 4 rings (SSSR count). The first-order valence-electron chi connectivity index (χ1n) is 7.49. The molecule has 4 aliphatic rings. The van der Waals surface area contributed by atoms with Gasteiger partial charge in [-0.05, 0) is 60.2 Å². The molecule has 0 spiro atoms. The van der Waals surface area contributed by atoms with Crippen molar-refractivity contribution in [2.75, 3.05) is 0 Å². The SMILES string of the molecule is CCCC1C(C)C2CC1C1C3C=CC(C3)C21. The van der Waals surface area contributed by atoms with Gasteiger partial charge in [-0.1, -0.05) is 38.8 Å². The lowest BCUT2D eigenvalue weighted by molar-refractivity contribution is 0.0918. The van der Waals surface area contributed by atoms with Gasteiger partial charge in [-0.25, -0.2) is 0 Å². The van der Waals surface area contributed by atoms with E-state index in [-0.39, 0.29) is 0 Å². The van der Waals surface area contributed by atoms with Gasteiger partial charge < -0.3 is 0 Å². The third-order valence-electron chi connectivity index (χ3n) is 6.64. The lowest BCUT2D eigenvalue weighted by Gasteiger charge is -2.40. The molecule has 16 heavy (non-hydrogen) atoms. The fourth-order valence-corrected chi connectivity index (χ4v) is 6.28. The van der Waals surface area contributed by atoms with E-state index in [1.807, 2.05) is 0 Å². The van der Waals surface area contributed by atoms with Gasteiger partial charge in [-0.3, -0.25) is 0 Å². The van der Waals surface area contributed by atoms with Gasteiger partial charge in [0.15, 0.2) is 0 Å². The summed E-state index contributed by atoms with van der Waals surface area (Å²) >= 11 is 0. The summed E-state index contributed by atoms with van der Waals surface area (Å²) in [7, 11) is 0. The number of hydrogen-bond acceptors (Lipinski definition) is 0. The summed E-state index contributed by atoms with van der Waals surface area (Å²) in [6, 6.07) is 0. The van der Waals surface area contributed by atoms with Crippen molar-refractivity contribution >= 4 is 0 Å². The van der Waals surface area contributed by atoms with Gasteiger partial charge in [0.05, 0.1) is 0 Å². The van der Waals surface area contributed by atoms with Gasteiger partial charge in [0.1, 0.15) is 0 Å². The van der Waals surface area contributed by atoms with E-state index in [1.165, 1.54) is 19.3 Å². The van der Waals surface area contributed by atoms with Gasteiger partial charge >= 0.3 is 0 Å². The first-order valence-corrected chi connectivity index (χ1v) is 7.49. The molecule has 3 fully saturated rings. The smallest absolute Gasteiger partial charge is 0.0194 e. The van der Waals surface area contributed by atoms with Gasteiger partial charge in [0.2, 0.25) is 0 Å². The first-order chi connectivity index (χ1) is 7.81. The second-order valence-corrected chi connectivity index (χ2v) is 6.98. The highest BCUT2D eigenvalue weighted by Crippen LogP contribution is 2.69. The molecule has 0 heterocycles. The van der Waals surface area contributed by atoms with E-state index in [0.29, 0.717) is 0 Å². The van der Waals surface area contributed by atoms with Crippen LogP contribution >= 0.6 is 0 Å². The predicted molar refractivity (Wildman–Crippen MR) is 66.9 cm³/mol. The fourth-order valence-electron chi connectivity index (χ4n) is 6.28. The minimum absolute atomic E-state index is 0.995. The molecule has 3 saturated carbocycles. The summed E-state index contributed by atoms with van der Waals surface area (Å²) in [5.74, 6) is 8.57. The van der Waals surface area contributed by atoms with Crippen molar-refractivity contribution < 1.29 is 0 Å². The van der Waals surface area contributed by atoms with Crippen LogP contribution in [0.3, 0.4) is 0 Å². The predicted octanol–water partition coefficient (Wildman–Crippen LogP) is 4.13. The molecule has 0 N–H and O–H groups in total. The molecule has 0 heteroatoms. The van der Waals surface area contributed by atoms with Crippen LogP contribution in [0.1, 0.15) is 39.5 Å². The molecule has 8 unspecified atom stereocenters. The Kier molecular flexibility index (Phi) is 1.91. The summed E-state index contributed by atoms with van der Waals surface area (Å²) in [6.45, 7) is 4.94. The van der Waals surface area contributed by atoms with Crippen LogP contribution in [0.2, 0.25) is 0 Å². The third-order valence-corrected chi connectivity index (χ3v) is 6.64. The molecule has 88 valence electrons. The maximum absolute atomic E-state index is 2.57.